The lowest BCUT2D eigenvalue weighted by molar-refractivity contribution is 0.0624. The molecule has 0 saturated carbocycles. The highest BCUT2D eigenvalue weighted by Gasteiger charge is 2.25. The Hall–Kier alpha value is -2.55. The first kappa shape index (κ1) is 12.9. The average Bonchev–Trinajstić information content (AvgIpc) is 2.46. The summed E-state index contributed by atoms with van der Waals surface area (Å²) in [5.74, 6) is -0.220. The van der Waals surface area contributed by atoms with Crippen LogP contribution in [0.25, 0.3) is 0 Å². The van der Waals surface area contributed by atoms with Crippen LogP contribution >= 0.6 is 0 Å². The van der Waals surface area contributed by atoms with Gasteiger partial charge in [-0.3, -0.25) is 4.79 Å². The van der Waals surface area contributed by atoms with Gasteiger partial charge in [0, 0.05) is 26.2 Å². The Morgan fingerprint density at radius 3 is 2.26 bits per heavy atom. The zero-order valence-corrected chi connectivity index (χ0v) is 10.2. The topological polar surface area (TPSA) is 84.6 Å². The maximum absolute atomic E-state index is 12.3. The van der Waals surface area contributed by atoms with Crippen molar-refractivity contribution in [2.45, 2.75) is 0 Å². The largest absolute Gasteiger partial charge is 0.465 e. The summed E-state index contributed by atoms with van der Waals surface area (Å²) in [6, 6.07) is 8.62. The van der Waals surface area contributed by atoms with Crippen molar-refractivity contribution in [3.63, 3.8) is 0 Å². The predicted molar refractivity (Wildman–Crippen MR) is 66.7 cm³/mol. The third-order valence-corrected chi connectivity index (χ3v) is 3.12. The van der Waals surface area contributed by atoms with Crippen molar-refractivity contribution in [3.05, 3.63) is 35.4 Å². The van der Waals surface area contributed by atoms with Gasteiger partial charge in [-0.2, -0.15) is 5.26 Å². The molecule has 1 aromatic rings. The van der Waals surface area contributed by atoms with Crippen molar-refractivity contribution >= 4 is 12.0 Å². The first-order chi connectivity index (χ1) is 9.13. The van der Waals surface area contributed by atoms with Crippen molar-refractivity contribution in [2.75, 3.05) is 26.2 Å². The zero-order valence-electron chi connectivity index (χ0n) is 10.2. The van der Waals surface area contributed by atoms with Crippen LogP contribution in [0, 0.1) is 11.3 Å². The Bertz CT molecular complexity index is 542. The van der Waals surface area contributed by atoms with Crippen LogP contribution < -0.4 is 0 Å². The molecule has 6 nitrogen and oxygen atoms in total. The number of hydrogen-bond donors (Lipinski definition) is 1. The summed E-state index contributed by atoms with van der Waals surface area (Å²) in [5.41, 5.74) is 0.710. The Morgan fingerprint density at radius 1 is 1.11 bits per heavy atom. The van der Waals surface area contributed by atoms with Crippen LogP contribution in [0.15, 0.2) is 24.3 Å². The normalized spacial score (nSPS) is 14.9. The molecule has 19 heavy (non-hydrogen) atoms. The van der Waals surface area contributed by atoms with Crippen molar-refractivity contribution < 1.29 is 14.7 Å². The minimum absolute atomic E-state index is 0.220. The fourth-order valence-electron chi connectivity index (χ4n) is 2.04. The molecular formula is C13H13N3O3. The standard InChI is InChI=1S/C13H13N3O3/c14-9-10-3-1-2-4-11(10)12(17)15-5-7-16(8-6-15)13(18)19/h1-4H,5-8H2,(H,18,19). The lowest BCUT2D eigenvalue weighted by Crippen LogP contribution is -2.50. The molecule has 0 aliphatic carbocycles. The van der Waals surface area contributed by atoms with E-state index in [9.17, 15) is 9.59 Å². The van der Waals surface area contributed by atoms with E-state index in [2.05, 4.69) is 0 Å². The quantitative estimate of drug-likeness (QED) is 0.815. The number of rotatable bonds is 1. The summed E-state index contributed by atoms with van der Waals surface area (Å²) in [4.78, 5) is 25.9. The van der Waals surface area contributed by atoms with E-state index in [4.69, 9.17) is 10.4 Å². The third kappa shape index (κ3) is 2.65. The summed E-state index contributed by atoms with van der Waals surface area (Å²) < 4.78 is 0. The molecule has 1 N–H and O–H groups in total. The molecule has 0 spiro atoms. The molecular weight excluding hydrogens is 246 g/mol. The van der Waals surface area contributed by atoms with Crippen molar-refractivity contribution in [3.8, 4) is 6.07 Å². The maximum atomic E-state index is 12.3. The number of hydrogen-bond acceptors (Lipinski definition) is 3. The van der Waals surface area contributed by atoms with E-state index in [1.54, 1.807) is 29.2 Å². The lowest BCUT2D eigenvalue weighted by atomic mass is 10.1. The Labute approximate surface area is 110 Å². The fourth-order valence-corrected chi connectivity index (χ4v) is 2.04. The highest BCUT2D eigenvalue weighted by atomic mass is 16.4. The second kappa shape index (κ2) is 5.40. The van der Waals surface area contributed by atoms with Gasteiger partial charge in [-0.25, -0.2) is 4.79 Å². The van der Waals surface area contributed by atoms with Crippen LogP contribution in [0.2, 0.25) is 0 Å². The van der Waals surface area contributed by atoms with Gasteiger partial charge in [0.05, 0.1) is 17.2 Å². The van der Waals surface area contributed by atoms with Gasteiger partial charge >= 0.3 is 6.09 Å². The van der Waals surface area contributed by atoms with Crippen molar-refractivity contribution in [2.24, 2.45) is 0 Å². The summed E-state index contributed by atoms with van der Waals surface area (Å²) in [6.45, 7) is 1.31. The molecule has 2 amide bonds. The summed E-state index contributed by atoms with van der Waals surface area (Å²) in [7, 11) is 0. The molecule has 2 rings (SSSR count). The molecule has 0 unspecified atom stereocenters. The summed E-state index contributed by atoms with van der Waals surface area (Å²) >= 11 is 0. The van der Waals surface area contributed by atoms with Crippen LogP contribution in [-0.4, -0.2) is 53.1 Å². The number of carbonyl (C=O) groups is 2. The van der Waals surface area contributed by atoms with Crippen molar-refractivity contribution in [1.29, 1.82) is 5.26 Å². The number of carboxylic acid groups (broad SMARTS) is 1. The average molecular weight is 259 g/mol. The number of amides is 2. The molecule has 1 heterocycles. The number of benzene rings is 1. The van der Waals surface area contributed by atoms with E-state index in [1.165, 1.54) is 4.90 Å². The summed E-state index contributed by atoms with van der Waals surface area (Å²) in [6.07, 6.45) is -0.968. The highest BCUT2D eigenvalue weighted by molar-refractivity contribution is 5.96. The van der Waals surface area contributed by atoms with Crippen LogP contribution in [0.5, 0.6) is 0 Å². The van der Waals surface area contributed by atoms with E-state index in [1.807, 2.05) is 6.07 Å². The molecule has 6 heteroatoms. The van der Waals surface area contributed by atoms with E-state index in [-0.39, 0.29) is 5.91 Å². The molecule has 0 bridgehead atoms. The molecule has 0 radical (unpaired) electrons. The Balaban J connectivity index is 2.10. The molecule has 1 saturated heterocycles. The minimum Gasteiger partial charge on any atom is -0.465 e. The Morgan fingerprint density at radius 2 is 1.68 bits per heavy atom. The number of nitrogens with zero attached hydrogens (tertiary/aromatic N) is 3. The number of carbonyl (C=O) groups excluding carboxylic acids is 1. The van der Waals surface area contributed by atoms with Gasteiger partial charge in [0.2, 0.25) is 0 Å². The predicted octanol–water partition coefficient (Wildman–Crippen LogP) is 0.994. The molecule has 1 aliphatic rings. The summed E-state index contributed by atoms with van der Waals surface area (Å²) in [5, 5.41) is 17.8. The van der Waals surface area contributed by atoms with E-state index >= 15 is 0 Å². The Kier molecular flexibility index (Phi) is 3.66. The highest BCUT2D eigenvalue weighted by Crippen LogP contribution is 2.13. The van der Waals surface area contributed by atoms with Gasteiger partial charge in [0.25, 0.3) is 5.91 Å². The first-order valence-corrected chi connectivity index (χ1v) is 5.89. The number of nitriles is 1. The van der Waals surface area contributed by atoms with Crippen LogP contribution in [0.4, 0.5) is 4.79 Å². The second-order valence-corrected chi connectivity index (χ2v) is 4.22. The minimum atomic E-state index is -0.968. The zero-order chi connectivity index (χ0) is 13.8. The van der Waals surface area contributed by atoms with Gasteiger partial charge in [-0.15, -0.1) is 0 Å². The number of piperazine rings is 1. The molecule has 0 atom stereocenters. The molecule has 98 valence electrons. The molecule has 1 aliphatic heterocycles. The smallest absolute Gasteiger partial charge is 0.407 e. The van der Waals surface area contributed by atoms with Crippen LogP contribution in [0.3, 0.4) is 0 Å². The lowest BCUT2D eigenvalue weighted by Gasteiger charge is -2.33. The van der Waals surface area contributed by atoms with Crippen LogP contribution in [-0.2, 0) is 0 Å². The van der Waals surface area contributed by atoms with Gasteiger partial charge in [-0.05, 0) is 12.1 Å². The molecule has 1 aromatic carbocycles. The van der Waals surface area contributed by atoms with E-state index in [0.717, 1.165) is 0 Å². The first-order valence-electron chi connectivity index (χ1n) is 5.89. The van der Waals surface area contributed by atoms with Crippen LogP contribution in [0.1, 0.15) is 15.9 Å². The van der Waals surface area contributed by atoms with Gasteiger partial charge in [0.1, 0.15) is 0 Å². The second-order valence-electron chi connectivity index (χ2n) is 4.22. The SMILES string of the molecule is N#Cc1ccccc1C(=O)N1CCN(C(=O)O)CC1. The van der Waals surface area contributed by atoms with Gasteiger partial charge in [0.15, 0.2) is 0 Å². The third-order valence-electron chi connectivity index (χ3n) is 3.12. The molecule has 1 fully saturated rings. The monoisotopic (exact) mass is 259 g/mol. The van der Waals surface area contributed by atoms with Gasteiger partial charge in [-0.1, -0.05) is 12.1 Å². The fraction of sp³-hybridized carbons (Fsp3) is 0.308. The van der Waals surface area contributed by atoms with Gasteiger partial charge < -0.3 is 14.9 Å². The molecule has 0 aromatic heterocycles. The maximum Gasteiger partial charge on any atom is 0.407 e. The van der Waals surface area contributed by atoms with Crippen molar-refractivity contribution in [1.82, 2.24) is 9.80 Å². The van der Waals surface area contributed by atoms with E-state index < -0.39 is 6.09 Å². The van der Waals surface area contributed by atoms with E-state index in [0.29, 0.717) is 37.3 Å².